The van der Waals surface area contributed by atoms with Gasteiger partial charge >= 0.3 is 0 Å². The van der Waals surface area contributed by atoms with Crippen LogP contribution in [0.1, 0.15) is 49.0 Å². The zero-order valence-corrected chi connectivity index (χ0v) is 16.9. The van der Waals surface area contributed by atoms with Crippen molar-refractivity contribution in [3.63, 3.8) is 0 Å². The lowest BCUT2D eigenvalue weighted by Crippen LogP contribution is -2.69. The van der Waals surface area contributed by atoms with Gasteiger partial charge in [-0.05, 0) is 62.5 Å². The minimum atomic E-state index is -3.65. The molecule has 7 nitrogen and oxygen atoms in total. The molecule has 1 amide bonds. The van der Waals surface area contributed by atoms with Crippen molar-refractivity contribution in [3.05, 3.63) is 41.7 Å². The van der Waals surface area contributed by atoms with E-state index < -0.39 is 15.6 Å². The van der Waals surface area contributed by atoms with E-state index >= 15 is 0 Å². The van der Waals surface area contributed by atoms with Gasteiger partial charge in [0, 0.05) is 28.9 Å². The molecular weight excluding hydrogens is 396 g/mol. The van der Waals surface area contributed by atoms with Crippen LogP contribution < -0.4 is 10.0 Å². The van der Waals surface area contributed by atoms with Crippen LogP contribution in [-0.2, 0) is 10.0 Å². The maximum atomic E-state index is 12.9. The van der Waals surface area contributed by atoms with Crippen molar-refractivity contribution in [2.75, 3.05) is 0 Å². The fraction of sp³-hybridized carbons (Fsp3) is 0.526. The normalized spacial score (nSPS) is 33.7. The van der Waals surface area contributed by atoms with E-state index in [4.69, 9.17) is 0 Å². The Kier molecular flexibility index (Phi) is 4.12. The van der Waals surface area contributed by atoms with E-state index in [0.717, 1.165) is 43.4 Å². The average Bonchev–Trinajstić information content (AvgIpc) is 3.15. The Bertz CT molecular complexity index is 977. The maximum Gasteiger partial charge on any atom is 0.270 e. The number of sulfonamides is 1. The molecule has 4 saturated carbocycles. The van der Waals surface area contributed by atoms with Gasteiger partial charge in [0.1, 0.15) is 5.69 Å². The number of carbonyl (C=O) groups excluding carboxylic acids is 1. The smallest absolute Gasteiger partial charge is 0.270 e. The second-order valence-corrected chi connectivity index (χ2v) is 11.3. The Morgan fingerprint density at radius 2 is 1.82 bits per heavy atom. The number of thiazole rings is 1. The lowest BCUT2D eigenvalue weighted by molar-refractivity contribution is -0.0390. The minimum Gasteiger partial charge on any atom is -0.345 e. The number of pyridine rings is 1. The SMILES string of the molecule is O=C(NC12CC3CC(C1)CC(NS(=O)(=O)c1nccs1)(C3)C2)c1ccccn1. The van der Waals surface area contributed by atoms with Crippen LogP contribution in [0, 0.1) is 11.8 Å². The first-order chi connectivity index (χ1) is 13.4. The van der Waals surface area contributed by atoms with Crippen LogP contribution in [0.25, 0.3) is 0 Å². The highest BCUT2D eigenvalue weighted by Crippen LogP contribution is 2.57. The van der Waals surface area contributed by atoms with Crippen LogP contribution in [0.2, 0.25) is 0 Å². The van der Waals surface area contributed by atoms with Gasteiger partial charge in [0.25, 0.3) is 15.9 Å². The molecule has 0 aromatic carbocycles. The summed E-state index contributed by atoms with van der Waals surface area (Å²) in [6.45, 7) is 0. The van der Waals surface area contributed by atoms with E-state index in [0.29, 0.717) is 24.0 Å². The van der Waals surface area contributed by atoms with Crippen LogP contribution in [0.15, 0.2) is 40.3 Å². The summed E-state index contributed by atoms with van der Waals surface area (Å²) in [4.78, 5) is 20.9. The van der Waals surface area contributed by atoms with Crippen molar-refractivity contribution in [3.8, 4) is 0 Å². The largest absolute Gasteiger partial charge is 0.345 e. The Hall–Kier alpha value is -1.84. The molecule has 2 aromatic rings. The van der Waals surface area contributed by atoms with Gasteiger partial charge in [0.15, 0.2) is 0 Å². The van der Waals surface area contributed by atoms with Crippen molar-refractivity contribution in [1.82, 2.24) is 20.0 Å². The van der Waals surface area contributed by atoms with Gasteiger partial charge in [-0.25, -0.2) is 18.1 Å². The molecule has 9 heteroatoms. The molecule has 4 fully saturated rings. The third kappa shape index (κ3) is 3.15. The molecule has 2 atom stereocenters. The molecule has 0 spiro atoms. The lowest BCUT2D eigenvalue weighted by atomic mass is 9.50. The summed E-state index contributed by atoms with van der Waals surface area (Å²) < 4.78 is 28.8. The van der Waals surface area contributed by atoms with Crippen molar-refractivity contribution in [2.45, 2.75) is 53.9 Å². The molecule has 2 aromatic heterocycles. The fourth-order valence-corrected chi connectivity index (χ4v) is 8.26. The molecule has 4 aliphatic carbocycles. The molecule has 0 aliphatic heterocycles. The van der Waals surface area contributed by atoms with E-state index in [2.05, 4.69) is 20.0 Å². The first kappa shape index (κ1) is 18.2. The second-order valence-electron chi connectivity index (χ2n) is 8.59. The molecule has 2 N–H and O–H groups in total. The summed E-state index contributed by atoms with van der Waals surface area (Å²) in [5.41, 5.74) is -0.480. The number of hydrogen-bond donors (Lipinski definition) is 2. The van der Waals surface area contributed by atoms with Gasteiger partial charge in [0.05, 0.1) is 0 Å². The van der Waals surface area contributed by atoms with Gasteiger partial charge < -0.3 is 5.32 Å². The van der Waals surface area contributed by atoms with Crippen LogP contribution in [0.3, 0.4) is 0 Å². The van der Waals surface area contributed by atoms with E-state index in [-0.39, 0.29) is 15.8 Å². The number of hydrogen-bond acceptors (Lipinski definition) is 6. The van der Waals surface area contributed by atoms with E-state index in [1.165, 1.54) is 6.20 Å². The molecule has 4 bridgehead atoms. The fourth-order valence-electron chi connectivity index (χ4n) is 6.00. The Labute approximate surface area is 168 Å². The van der Waals surface area contributed by atoms with Gasteiger partial charge in [0.2, 0.25) is 4.34 Å². The van der Waals surface area contributed by atoms with Crippen molar-refractivity contribution in [2.24, 2.45) is 11.8 Å². The molecule has 4 aliphatic rings. The standard InChI is InChI=1S/C19H22N4O3S2/c24-16(15-3-1-2-4-20-15)22-18-8-13-7-14(9-18)11-19(10-13,12-18)23-28(25,26)17-21-5-6-27-17/h1-6,13-14,23H,7-12H2,(H,22,24). The van der Waals surface area contributed by atoms with Gasteiger partial charge in [-0.2, -0.15) is 0 Å². The molecule has 0 saturated heterocycles. The summed E-state index contributed by atoms with van der Waals surface area (Å²) in [6, 6.07) is 5.28. The maximum absolute atomic E-state index is 12.9. The lowest BCUT2D eigenvalue weighted by Gasteiger charge is -2.61. The topological polar surface area (TPSA) is 101 Å². The zero-order valence-electron chi connectivity index (χ0n) is 15.3. The van der Waals surface area contributed by atoms with Crippen molar-refractivity contribution in [1.29, 1.82) is 0 Å². The Morgan fingerprint density at radius 3 is 2.46 bits per heavy atom. The van der Waals surface area contributed by atoms with Crippen molar-refractivity contribution >= 4 is 27.3 Å². The van der Waals surface area contributed by atoms with E-state index in [1.54, 1.807) is 29.8 Å². The number of carbonyl (C=O) groups is 1. The quantitative estimate of drug-likeness (QED) is 0.776. The Morgan fingerprint density at radius 1 is 1.07 bits per heavy atom. The highest BCUT2D eigenvalue weighted by atomic mass is 32.2. The first-order valence-electron chi connectivity index (χ1n) is 9.54. The summed E-state index contributed by atoms with van der Waals surface area (Å²) in [6.07, 6.45) is 8.32. The van der Waals surface area contributed by atoms with E-state index in [9.17, 15) is 13.2 Å². The predicted molar refractivity (Wildman–Crippen MR) is 104 cm³/mol. The number of nitrogens with one attached hydrogen (secondary N) is 2. The van der Waals surface area contributed by atoms with Crippen LogP contribution in [-0.4, -0.2) is 35.4 Å². The number of nitrogens with zero attached hydrogens (tertiary/aromatic N) is 2. The third-order valence-corrected chi connectivity index (χ3v) is 9.11. The van der Waals surface area contributed by atoms with E-state index in [1.807, 2.05) is 0 Å². The second kappa shape index (κ2) is 6.33. The average molecular weight is 419 g/mol. The zero-order chi connectivity index (χ0) is 19.4. The van der Waals surface area contributed by atoms with Crippen LogP contribution >= 0.6 is 11.3 Å². The molecule has 0 radical (unpaired) electrons. The highest BCUT2D eigenvalue weighted by molar-refractivity contribution is 7.91. The van der Waals surface area contributed by atoms with Gasteiger partial charge in [-0.3, -0.25) is 9.78 Å². The number of aromatic nitrogens is 2. The molecule has 28 heavy (non-hydrogen) atoms. The predicted octanol–water partition coefficient (Wildman–Crippen LogP) is 2.34. The number of amides is 1. The first-order valence-corrected chi connectivity index (χ1v) is 11.9. The molecule has 2 heterocycles. The number of rotatable bonds is 5. The summed E-state index contributed by atoms with van der Waals surface area (Å²) in [5.74, 6) is 0.661. The molecule has 148 valence electrons. The van der Waals surface area contributed by atoms with Crippen molar-refractivity contribution < 1.29 is 13.2 Å². The molecule has 2 unspecified atom stereocenters. The summed E-state index contributed by atoms with van der Waals surface area (Å²) in [7, 11) is -3.65. The third-order valence-electron chi connectivity index (χ3n) is 6.33. The highest BCUT2D eigenvalue weighted by Gasteiger charge is 2.59. The molecule has 6 rings (SSSR count). The Balaban J connectivity index is 1.42. The van der Waals surface area contributed by atoms with Crippen LogP contribution in [0.4, 0.5) is 0 Å². The van der Waals surface area contributed by atoms with Gasteiger partial charge in [-0.1, -0.05) is 6.07 Å². The minimum absolute atomic E-state index is 0.106. The monoisotopic (exact) mass is 418 g/mol. The molecular formula is C19H22N4O3S2. The summed E-state index contributed by atoms with van der Waals surface area (Å²) >= 11 is 1.13. The van der Waals surface area contributed by atoms with Gasteiger partial charge in [-0.15, -0.1) is 11.3 Å². The summed E-state index contributed by atoms with van der Waals surface area (Å²) in [5, 5.41) is 4.91. The van der Waals surface area contributed by atoms with Crippen LogP contribution in [0.5, 0.6) is 0 Å².